The molecule has 1 fully saturated rings. The van der Waals surface area contributed by atoms with Crippen molar-refractivity contribution in [2.45, 2.75) is 39.5 Å². The van der Waals surface area contributed by atoms with E-state index in [1.54, 1.807) is 0 Å². The minimum Gasteiger partial charge on any atom is -0.396 e. The number of aliphatic hydroxyl groups is 1. The highest BCUT2D eigenvalue weighted by Gasteiger charge is 2.20. The number of likely N-dealkylation sites (tertiary alicyclic amines) is 1. The predicted octanol–water partition coefficient (Wildman–Crippen LogP) is 1.47. The molecule has 16 heavy (non-hydrogen) atoms. The Hall–Kier alpha value is -0.120. The Morgan fingerprint density at radius 2 is 1.94 bits per heavy atom. The second kappa shape index (κ2) is 7.25. The first-order valence-electron chi connectivity index (χ1n) is 6.74. The third-order valence-corrected chi connectivity index (χ3v) is 3.84. The maximum Gasteiger partial charge on any atom is 0.0496 e. The SMILES string of the molecule is CCC(C)(CO)CNCCN1CCCCC1. The van der Waals surface area contributed by atoms with Gasteiger partial charge in [-0.1, -0.05) is 20.3 Å². The van der Waals surface area contributed by atoms with Crippen LogP contribution >= 0.6 is 0 Å². The van der Waals surface area contributed by atoms with Gasteiger partial charge in [0.1, 0.15) is 0 Å². The highest BCUT2D eigenvalue weighted by Crippen LogP contribution is 2.18. The predicted molar refractivity (Wildman–Crippen MR) is 68.6 cm³/mol. The molecule has 0 amide bonds. The van der Waals surface area contributed by atoms with Crippen LogP contribution in [0.15, 0.2) is 0 Å². The quantitative estimate of drug-likeness (QED) is 0.648. The molecule has 0 spiro atoms. The Morgan fingerprint density at radius 1 is 1.25 bits per heavy atom. The molecule has 0 radical (unpaired) electrons. The van der Waals surface area contributed by atoms with E-state index in [-0.39, 0.29) is 12.0 Å². The van der Waals surface area contributed by atoms with Gasteiger partial charge < -0.3 is 15.3 Å². The van der Waals surface area contributed by atoms with Gasteiger partial charge in [-0.3, -0.25) is 0 Å². The molecular formula is C13H28N2O. The van der Waals surface area contributed by atoms with E-state index >= 15 is 0 Å². The van der Waals surface area contributed by atoms with Gasteiger partial charge in [-0.05, 0) is 32.4 Å². The molecule has 2 N–H and O–H groups in total. The second-order valence-electron chi connectivity index (χ2n) is 5.40. The molecule has 1 saturated heterocycles. The Bertz CT molecular complexity index is 175. The van der Waals surface area contributed by atoms with Crippen LogP contribution in [0.4, 0.5) is 0 Å². The minimum atomic E-state index is 0.0574. The molecular weight excluding hydrogens is 200 g/mol. The average Bonchev–Trinajstić information content (AvgIpc) is 2.36. The van der Waals surface area contributed by atoms with E-state index in [0.29, 0.717) is 0 Å². The van der Waals surface area contributed by atoms with E-state index in [1.165, 1.54) is 32.4 Å². The third-order valence-electron chi connectivity index (χ3n) is 3.84. The Labute approximate surface area is 100 Å². The van der Waals surface area contributed by atoms with Gasteiger partial charge in [-0.15, -0.1) is 0 Å². The molecule has 1 unspecified atom stereocenters. The molecule has 0 aromatic heterocycles. The molecule has 0 aromatic carbocycles. The fraction of sp³-hybridized carbons (Fsp3) is 1.00. The number of piperidine rings is 1. The summed E-state index contributed by atoms with van der Waals surface area (Å²) in [7, 11) is 0. The Kier molecular flexibility index (Phi) is 6.32. The summed E-state index contributed by atoms with van der Waals surface area (Å²) in [5, 5.41) is 12.8. The molecule has 0 saturated carbocycles. The minimum absolute atomic E-state index is 0.0574. The first-order chi connectivity index (χ1) is 7.70. The molecule has 0 aromatic rings. The van der Waals surface area contributed by atoms with E-state index < -0.39 is 0 Å². The number of rotatable bonds is 7. The number of aliphatic hydroxyl groups excluding tert-OH is 1. The Balaban J connectivity index is 2.06. The zero-order valence-electron chi connectivity index (χ0n) is 11.0. The molecule has 96 valence electrons. The summed E-state index contributed by atoms with van der Waals surface area (Å²) in [5.74, 6) is 0. The molecule has 1 heterocycles. The molecule has 1 rings (SSSR count). The van der Waals surface area contributed by atoms with E-state index in [2.05, 4.69) is 24.1 Å². The van der Waals surface area contributed by atoms with Crippen LogP contribution < -0.4 is 5.32 Å². The maximum atomic E-state index is 9.28. The summed E-state index contributed by atoms with van der Waals surface area (Å²) in [6.07, 6.45) is 5.16. The highest BCUT2D eigenvalue weighted by molar-refractivity contribution is 4.74. The molecule has 0 bridgehead atoms. The average molecular weight is 228 g/mol. The van der Waals surface area contributed by atoms with Gasteiger partial charge in [-0.25, -0.2) is 0 Å². The fourth-order valence-corrected chi connectivity index (χ4v) is 2.10. The van der Waals surface area contributed by atoms with Crippen molar-refractivity contribution in [1.29, 1.82) is 0 Å². The maximum absolute atomic E-state index is 9.28. The first kappa shape index (κ1) is 13.9. The molecule has 0 aliphatic carbocycles. The van der Waals surface area contributed by atoms with Crippen LogP contribution in [0.2, 0.25) is 0 Å². The standard InChI is InChI=1S/C13H28N2O/c1-3-13(2,12-16)11-14-7-10-15-8-5-4-6-9-15/h14,16H,3-12H2,1-2H3. The molecule has 1 atom stereocenters. The van der Waals surface area contributed by atoms with E-state index in [9.17, 15) is 5.11 Å². The van der Waals surface area contributed by atoms with Gasteiger partial charge >= 0.3 is 0 Å². The van der Waals surface area contributed by atoms with Crippen LogP contribution in [-0.2, 0) is 0 Å². The van der Waals surface area contributed by atoms with Gasteiger partial charge in [0.2, 0.25) is 0 Å². The summed E-state index contributed by atoms with van der Waals surface area (Å²) < 4.78 is 0. The van der Waals surface area contributed by atoms with Crippen molar-refractivity contribution in [2.24, 2.45) is 5.41 Å². The third kappa shape index (κ3) is 4.81. The Morgan fingerprint density at radius 3 is 2.50 bits per heavy atom. The first-order valence-corrected chi connectivity index (χ1v) is 6.74. The van der Waals surface area contributed by atoms with Gasteiger partial charge in [0.15, 0.2) is 0 Å². The highest BCUT2D eigenvalue weighted by atomic mass is 16.3. The summed E-state index contributed by atoms with van der Waals surface area (Å²) in [5.41, 5.74) is 0.0574. The van der Waals surface area contributed by atoms with Gasteiger partial charge in [0, 0.05) is 31.7 Å². The smallest absolute Gasteiger partial charge is 0.0496 e. The summed E-state index contributed by atoms with van der Waals surface area (Å²) in [4.78, 5) is 2.54. The van der Waals surface area contributed by atoms with Gasteiger partial charge in [-0.2, -0.15) is 0 Å². The lowest BCUT2D eigenvalue weighted by Gasteiger charge is -2.29. The van der Waals surface area contributed by atoms with Crippen molar-refractivity contribution < 1.29 is 5.11 Å². The van der Waals surface area contributed by atoms with Crippen molar-refractivity contribution in [3.05, 3.63) is 0 Å². The second-order valence-corrected chi connectivity index (χ2v) is 5.40. The van der Waals surface area contributed by atoms with Crippen molar-refractivity contribution in [3.63, 3.8) is 0 Å². The lowest BCUT2D eigenvalue weighted by molar-refractivity contribution is 0.133. The zero-order valence-corrected chi connectivity index (χ0v) is 11.0. The molecule has 1 aliphatic rings. The van der Waals surface area contributed by atoms with E-state index in [4.69, 9.17) is 0 Å². The van der Waals surface area contributed by atoms with Crippen molar-refractivity contribution in [2.75, 3.05) is 39.3 Å². The van der Waals surface area contributed by atoms with Crippen LogP contribution in [0.3, 0.4) is 0 Å². The van der Waals surface area contributed by atoms with Crippen LogP contribution in [-0.4, -0.2) is 49.3 Å². The topological polar surface area (TPSA) is 35.5 Å². The number of nitrogens with one attached hydrogen (secondary N) is 1. The van der Waals surface area contributed by atoms with E-state index in [0.717, 1.165) is 26.1 Å². The summed E-state index contributed by atoms with van der Waals surface area (Å²) in [6.45, 7) is 10.2. The van der Waals surface area contributed by atoms with Crippen molar-refractivity contribution >= 4 is 0 Å². The van der Waals surface area contributed by atoms with Crippen LogP contribution in [0.25, 0.3) is 0 Å². The normalized spacial score (nSPS) is 21.9. The van der Waals surface area contributed by atoms with Crippen LogP contribution in [0, 0.1) is 5.41 Å². The molecule has 1 aliphatic heterocycles. The largest absolute Gasteiger partial charge is 0.396 e. The number of hydrogen-bond acceptors (Lipinski definition) is 3. The zero-order chi connectivity index (χ0) is 11.9. The monoisotopic (exact) mass is 228 g/mol. The summed E-state index contributed by atoms with van der Waals surface area (Å²) >= 11 is 0. The lowest BCUT2D eigenvalue weighted by Crippen LogP contribution is -2.40. The molecule has 3 heteroatoms. The fourth-order valence-electron chi connectivity index (χ4n) is 2.10. The van der Waals surface area contributed by atoms with E-state index in [1.807, 2.05) is 0 Å². The van der Waals surface area contributed by atoms with Crippen molar-refractivity contribution in [1.82, 2.24) is 10.2 Å². The van der Waals surface area contributed by atoms with Crippen molar-refractivity contribution in [3.8, 4) is 0 Å². The van der Waals surface area contributed by atoms with Crippen LogP contribution in [0.5, 0.6) is 0 Å². The number of hydrogen-bond donors (Lipinski definition) is 2. The molecule has 3 nitrogen and oxygen atoms in total. The lowest BCUT2D eigenvalue weighted by atomic mass is 9.89. The van der Waals surface area contributed by atoms with Gasteiger partial charge in [0.25, 0.3) is 0 Å². The van der Waals surface area contributed by atoms with Gasteiger partial charge in [0.05, 0.1) is 0 Å². The summed E-state index contributed by atoms with van der Waals surface area (Å²) in [6, 6.07) is 0. The number of nitrogens with zero attached hydrogens (tertiary/aromatic N) is 1. The van der Waals surface area contributed by atoms with Crippen LogP contribution in [0.1, 0.15) is 39.5 Å².